The van der Waals surface area contributed by atoms with E-state index in [2.05, 4.69) is 4.98 Å². The lowest BCUT2D eigenvalue weighted by molar-refractivity contribution is 0.0996. The minimum absolute atomic E-state index is 0.194. The topological polar surface area (TPSA) is 60.2 Å². The van der Waals surface area contributed by atoms with Crippen LogP contribution < -0.4 is 5.63 Å². The van der Waals surface area contributed by atoms with Crippen LogP contribution in [0.2, 0.25) is 0 Å². The molecule has 3 rings (SSSR count). The Balaban J connectivity index is 2.14. The molecule has 1 heterocycles. The van der Waals surface area contributed by atoms with E-state index in [1.165, 1.54) is 0 Å². The normalized spacial score (nSPS) is 10.4. The van der Waals surface area contributed by atoms with E-state index in [9.17, 15) is 9.59 Å². The van der Waals surface area contributed by atoms with Crippen LogP contribution in [0.5, 0.6) is 0 Å². The Bertz CT molecular complexity index is 868. The maximum Gasteiger partial charge on any atom is 0.342 e. The Kier molecular flexibility index (Phi) is 3.66. The highest BCUT2D eigenvalue weighted by atomic mass is 16.4. The third-order valence-electron chi connectivity index (χ3n) is 3.34. The highest BCUT2D eigenvalue weighted by Gasteiger charge is 2.18. The van der Waals surface area contributed by atoms with Crippen LogP contribution in [0.3, 0.4) is 0 Å². The first kappa shape index (κ1) is 13.9. The summed E-state index contributed by atoms with van der Waals surface area (Å²) in [7, 11) is 0. The average Bonchev–Trinajstić information content (AvgIpc) is 2.58. The monoisotopic (exact) mass is 291 g/mol. The Hall–Kier alpha value is -3.01. The lowest BCUT2D eigenvalue weighted by Crippen LogP contribution is -2.14. The van der Waals surface area contributed by atoms with Gasteiger partial charge in [-0.3, -0.25) is 4.79 Å². The minimum Gasteiger partial charge on any atom is -0.400 e. The van der Waals surface area contributed by atoms with E-state index in [0.717, 1.165) is 5.56 Å². The molecule has 22 heavy (non-hydrogen) atoms. The van der Waals surface area contributed by atoms with Gasteiger partial charge in [-0.1, -0.05) is 60.7 Å². The van der Waals surface area contributed by atoms with Gasteiger partial charge in [0.05, 0.1) is 11.3 Å². The quantitative estimate of drug-likeness (QED) is 0.695. The smallest absolute Gasteiger partial charge is 0.342 e. The van der Waals surface area contributed by atoms with Gasteiger partial charge in [0.1, 0.15) is 0 Å². The lowest BCUT2D eigenvalue weighted by Gasteiger charge is -2.06. The molecule has 0 aliphatic carbocycles. The van der Waals surface area contributed by atoms with Crippen molar-refractivity contribution in [1.29, 1.82) is 0 Å². The fourth-order valence-corrected chi connectivity index (χ4v) is 2.16. The van der Waals surface area contributed by atoms with Gasteiger partial charge in [0.25, 0.3) is 5.89 Å². The van der Waals surface area contributed by atoms with Gasteiger partial charge in [0, 0.05) is 11.1 Å². The number of carbonyl (C=O) groups is 1. The zero-order chi connectivity index (χ0) is 15.5. The highest BCUT2D eigenvalue weighted by molar-refractivity contribution is 6.06. The molecule has 0 unspecified atom stereocenters. The molecule has 0 saturated carbocycles. The lowest BCUT2D eigenvalue weighted by atomic mass is 10.1. The van der Waals surface area contributed by atoms with Crippen LogP contribution in [0.4, 0.5) is 0 Å². The van der Waals surface area contributed by atoms with Crippen molar-refractivity contribution in [2.24, 2.45) is 0 Å². The molecule has 2 aromatic carbocycles. The molecule has 0 bridgehead atoms. The molecule has 0 fully saturated rings. The molecule has 4 nitrogen and oxygen atoms in total. The van der Waals surface area contributed by atoms with Gasteiger partial charge < -0.3 is 4.42 Å². The first-order valence-electron chi connectivity index (χ1n) is 6.84. The third-order valence-corrected chi connectivity index (χ3v) is 3.34. The van der Waals surface area contributed by atoms with E-state index in [1.807, 2.05) is 36.4 Å². The first-order chi connectivity index (χ1) is 10.7. The summed E-state index contributed by atoms with van der Waals surface area (Å²) in [6, 6.07) is 17.9. The van der Waals surface area contributed by atoms with Crippen LogP contribution in [0.1, 0.15) is 21.8 Å². The zero-order valence-electron chi connectivity index (χ0n) is 11.9. The van der Waals surface area contributed by atoms with Gasteiger partial charge in [-0.05, 0) is 6.92 Å². The standard InChI is InChI=1S/C18H13NO3/c1-12-15(13-8-4-2-5-9-13)19-17(22-18(12)21)16(20)14-10-6-3-7-11-14/h2-11H,1H3. The number of nitrogens with zero attached hydrogens (tertiary/aromatic N) is 1. The fourth-order valence-electron chi connectivity index (χ4n) is 2.16. The molecule has 0 aliphatic rings. The number of carbonyl (C=O) groups excluding carboxylic acids is 1. The summed E-state index contributed by atoms with van der Waals surface area (Å²) < 4.78 is 5.07. The summed E-state index contributed by atoms with van der Waals surface area (Å²) in [5, 5.41) is 0. The van der Waals surface area contributed by atoms with Crippen molar-refractivity contribution in [3.05, 3.63) is 88.1 Å². The summed E-state index contributed by atoms with van der Waals surface area (Å²) in [5.74, 6) is -0.601. The number of hydrogen-bond donors (Lipinski definition) is 0. The number of aromatic nitrogens is 1. The SMILES string of the molecule is Cc1c(-c2ccccc2)nc(C(=O)c2ccccc2)oc1=O. The maximum absolute atomic E-state index is 12.4. The molecule has 0 saturated heterocycles. The van der Waals surface area contributed by atoms with Gasteiger partial charge in [-0.2, -0.15) is 0 Å². The van der Waals surface area contributed by atoms with E-state index in [4.69, 9.17) is 4.42 Å². The second-order valence-electron chi connectivity index (χ2n) is 4.84. The molecular weight excluding hydrogens is 278 g/mol. The second kappa shape index (κ2) is 5.77. The molecule has 0 N–H and O–H groups in total. The van der Waals surface area contributed by atoms with Gasteiger partial charge in [-0.15, -0.1) is 0 Å². The predicted octanol–water partition coefficient (Wildman–Crippen LogP) is 3.24. The highest BCUT2D eigenvalue weighted by Crippen LogP contribution is 2.19. The summed E-state index contributed by atoms with van der Waals surface area (Å²) in [6.45, 7) is 1.64. The van der Waals surface area contributed by atoms with Crippen LogP contribution in [-0.4, -0.2) is 10.8 Å². The van der Waals surface area contributed by atoms with Gasteiger partial charge in [0.2, 0.25) is 5.78 Å². The van der Waals surface area contributed by atoms with Crippen LogP contribution >= 0.6 is 0 Å². The molecule has 108 valence electrons. The Morgan fingerprint density at radius 1 is 0.955 bits per heavy atom. The first-order valence-corrected chi connectivity index (χ1v) is 6.84. The van der Waals surface area contributed by atoms with Gasteiger partial charge >= 0.3 is 5.63 Å². The molecule has 0 amide bonds. The van der Waals surface area contributed by atoms with E-state index in [0.29, 0.717) is 16.8 Å². The molecule has 0 aliphatic heterocycles. The molecular formula is C18H13NO3. The van der Waals surface area contributed by atoms with Crippen molar-refractivity contribution in [2.45, 2.75) is 6.92 Å². The molecule has 1 aromatic heterocycles. The molecule has 3 aromatic rings. The van der Waals surface area contributed by atoms with Crippen LogP contribution in [0.25, 0.3) is 11.3 Å². The summed E-state index contributed by atoms with van der Waals surface area (Å²) in [4.78, 5) is 28.7. The molecule has 0 atom stereocenters. The van der Waals surface area contributed by atoms with Gasteiger partial charge in [0.15, 0.2) is 0 Å². The third kappa shape index (κ3) is 2.59. The van der Waals surface area contributed by atoms with Crippen molar-refractivity contribution < 1.29 is 9.21 Å². The summed E-state index contributed by atoms with van der Waals surface area (Å²) in [6.07, 6.45) is 0. The number of ketones is 1. The fraction of sp³-hybridized carbons (Fsp3) is 0.0556. The molecule has 0 spiro atoms. The second-order valence-corrected chi connectivity index (χ2v) is 4.84. The largest absolute Gasteiger partial charge is 0.400 e. The average molecular weight is 291 g/mol. The Morgan fingerprint density at radius 2 is 1.55 bits per heavy atom. The van der Waals surface area contributed by atoms with E-state index in [1.54, 1.807) is 31.2 Å². The van der Waals surface area contributed by atoms with Crippen LogP contribution in [0.15, 0.2) is 69.9 Å². The van der Waals surface area contributed by atoms with Crippen molar-refractivity contribution in [3.63, 3.8) is 0 Å². The zero-order valence-corrected chi connectivity index (χ0v) is 11.9. The van der Waals surface area contributed by atoms with Crippen LogP contribution in [-0.2, 0) is 0 Å². The minimum atomic E-state index is -0.548. The maximum atomic E-state index is 12.4. The van der Waals surface area contributed by atoms with Crippen molar-refractivity contribution in [1.82, 2.24) is 4.98 Å². The van der Waals surface area contributed by atoms with E-state index >= 15 is 0 Å². The van der Waals surface area contributed by atoms with E-state index < -0.39 is 11.4 Å². The Labute approximate surface area is 127 Å². The Morgan fingerprint density at radius 3 is 2.18 bits per heavy atom. The summed E-state index contributed by atoms with van der Waals surface area (Å²) in [5.41, 5.74) is 1.51. The van der Waals surface area contributed by atoms with Crippen molar-refractivity contribution in [2.75, 3.05) is 0 Å². The van der Waals surface area contributed by atoms with Crippen LogP contribution in [0, 0.1) is 6.92 Å². The van der Waals surface area contributed by atoms with E-state index in [-0.39, 0.29) is 5.89 Å². The van der Waals surface area contributed by atoms with Gasteiger partial charge in [-0.25, -0.2) is 9.78 Å². The van der Waals surface area contributed by atoms with Crippen molar-refractivity contribution >= 4 is 5.78 Å². The number of hydrogen-bond acceptors (Lipinski definition) is 4. The summed E-state index contributed by atoms with van der Waals surface area (Å²) >= 11 is 0. The molecule has 4 heteroatoms. The number of benzene rings is 2. The predicted molar refractivity (Wildman–Crippen MR) is 82.8 cm³/mol. The number of rotatable bonds is 3. The van der Waals surface area contributed by atoms with Crippen molar-refractivity contribution in [3.8, 4) is 11.3 Å². The molecule has 0 radical (unpaired) electrons.